The average Bonchev–Trinajstić information content (AvgIpc) is 2.76. The highest BCUT2D eigenvalue weighted by atomic mass is 32.1. The molecule has 0 aliphatic carbocycles. The zero-order valence-electron chi connectivity index (χ0n) is 9.01. The third-order valence-corrected chi connectivity index (χ3v) is 3.13. The molecule has 3 nitrogen and oxygen atoms in total. The lowest BCUT2D eigenvalue weighted by Crippen LogP contribution is -1.94. The predicted molar refractivity (Wildman–Crippen MR) is 64.3 cm³/mol. The fourth-order valence-electron chi connectivity index (χ4n) is 1.35. The van der Waals surface area contributed by atoms with Crippen LogP contribution in [0.1, 0.15) is 19.0 Å². The van der Waals surface area contributed by atoms with Crippen LogP contribution in [-0.4, -0.2) is 15.8 Å². The Morgan fingerprint density at radius 2 is 2.38 bits per heavy atom. The molecule has 0 N–H and O–H groups in total. The Hall–Kier alpha value is -1.55. The molecular formula is C12H12N2OS. The third kappa shape index (κ3) is 2.73. The van der Waals surface area contributed by atoms with Gasteiger partial charge >= 0.3 is 0 Å². The van der Waals surface area contributed by atoms with Gasteiger partial charge in [0.2, 0.25) is 0 Å². The van der Waals surface area contributed by atoms with Crippen LogP contribution in [0.4, 0.5) is 0 Å². The Morgan fingerprint density at radius 1 is 1.50 bits per heavy atom. The molecule has 0 aliphatic heterocycles. The van der Waals surface area contributed by atoms with Crippen LogP contribution in [0.2, 0.25) is 0 Å². The van der Waals surface area contributed by atoms with Crippen LogP contribution in [0.25, 0.3) is 10.6 Å². The van der Waals surface area contributed by atoms with Crippen molar-refractivity contribution in [3.63, 3.8) is 0 Å². The molecule has 0 saturated carbocycles. The first-order chi connectivity index (χ1) is 7.75. The van der Waals surface area contributed by atoms with Gasteiger partial charge in [-0.3, -0.25) is 4.98 Å². The first-order valence-corrected chi connectivity index (χ1v) is 5.98. The van der Waals surface area contributed by atoms with Gasteiger partial charge in [-0.1, -0.05) is 0 Å². The first-order valence-electron chi connectivity index (χ1n) is 5.10. The maximum Gasteiger partial charge on any atom is 0.130 e. The Bertz CT molecular complexity index is 479. The molecule has 4 heteroatoms. The van der Waals surface area contributed by atoms with Gasteiger partial charge in [0, 0.05) is 29.8 Å². The molecule has 2 aromatic rings. The Kier molecular flexibility index (Phi) is 3.41. The van der Waals surface area contributed by atoms with Gasteiger partial charge in [-0.15, -0.1) is 11.3 Å². The van der Waals surface area contributed by atoms with E-state index in [1.54, 1.807) is 30.7 Å². The van der Waals surface area contributed by atoms with Gasteiger partial charge < -0.3 is 4.79 Å². The average molecular weight is 232 g/mol. The lowest BCUT2D eigenvalue weighted by atomic mass is 10.2. The van der Waals surface area contributed by atoms with Crippen LogP contribution in [0.3, 0.4) is 0 Å². The Balaban J connectivity index is 2.11. The molecule has 0 fully saturated rings. The van der Waals surface area contributed by atoms with Gasteiger partial charge in [0.1, 0.15) is 10.8 Å². The number of carbonyl (C=O) groups is 1. The number of aromatic nitrogens is 2. The van der Waals surface area contributed by atoms with Crippen molar-refractivity contribution in [2.75, 3.05) is 0 Å². The number of carbonyl (C=O) groups excluding carboxylic acids is 1. The number of Topliss-reactive ketones (excluding diaryl/α,β-unsaturated/α-hetero) is 1. The minimum absolute atomic E-state index is 0.205. The number of rotatable bonds is 4. The standard InChI is InChI=1S/C12H12N2OS/c1-9(15)4-5-11-8-16-12(14-11)10-3-2-6-13-7-10/h2-3,6-8H,4-5H2,1H3. The van der Waals surface area contributed by atoms with Gasteiger partial charge in [-0.2, -0.15) is 0 Å². The van der Waals surface area contributed by atoms with Crippen molar-refractivity contribution in [2.45, 2.75) is 19.8 Å². The van der Waals surface area contributed by atoms with E-state index < -0.39 is 0 Å². The number of pyridine rings is 1. The van der Waals surface area contributed by atoms with E-state index in [1.807, 2.05) is 17.5 Å². The molecule has 0 unspecified atom stereocenters. The van der Waals surface area contributed by atoms with Crippen molar-refractivity contribution in [1.82, 2.24) is 9.97 Å². The molecule has 0 saturated heterocycles. The maximum atomic E-state index is 10.9. The van der Waals surface area contributed by atoms with E-state index in [9.17, 15) is 4.79 Å². The summed E-state index contributed by atoms with van der Waals surface area (Å²) in [4.78, 5) is 19.4. The van der Waals surface area contributed by atoms with Gasteiger partial charge in [0.25, 0.3) is 0 Å². The summed E-state index contributed by atoms with van der Waals surface area (Å²) in [6, 6.07) is 3.88. The summed E-state index contributed by atoms with van der Waals surface area (Å²) in [5, 5.41) is 2.97. The van der Waals surface area contributed by atoms with E-state index in [1.165, 1.54) is 0 Å². The third-order valence-electron chi connectivity index (χ3n) is 2.19. The van der Waals surface area contributed by atoms with E-state index >= 15 is 0 Å². The van der Waals surface area contributed by atoms with Crippen molar-refractivity contribution in [1.29, 1.82) is 0 Å². The van der Waals surface area contributed by atoms with Crippen molar-refractivity contribution < 1.29 is 4.79 Å². The second-order valence-electron chi connectivity index (χ2n) is 3.59. The summed E-state index contributed by atoms with van der Waals surface area (Å²) < 4.78 is 0. The number of aryl methyl sites for hydroxylation is 1. The molecule has 0 spiro atoms. The van der Waals surface area contributed by atoms with Crippen LogP contribution < -0.4 is 0 Å². The summed E-state index contributed by atoms with van der Waals surface area (Å²) in [7, 11) is 0. The highest BCUT2D eigenvalue weighted by Gasteiger charge is 2.05. The monoisotopic (exact) mass is 232 g/mol. The van der Waals surface area contributed by atoms with Crippen LogP contribution in [0.15, 0.2) is 29.9 Å². The minimum Gasteiger partial charge on any atom is -0.300 e. The SMILES string of the molecule is CC(=O)CCc1csc(-c2cccnc2)n1. The molecule has 0 radical (unpaired) electrons. The van der Waals surface area contributed by atoms with E-state index in [2.05, 4.69) is 9.97 Å². The molecule has 0 amide bonds. The van der Waals surface area contributed by atoms with Gasteiger partial charge in [0.05, 0.1) is 5.69 Å². The maximum absolute atomic E-state index is 10.9. The molecular weight excluding hydrogens is 220 g/mol. The van der Waals surface area contributed by atoms with Crippen LogP contribution in [0.5, 0.6) is 0 Å². The topological polar surface area (TPSA) is 42.9 Å². The molecule has 0 atom stereocenters. The molecule has 16 heavy (non-hydrogen) atoms. The molecule has 0 aliphatic rings. The van der Waals surface area contributed by atoms with Crippen LogP contribution in [0, 0.1) is 0 Å². The number of ketones is 1. The largest absolute Gasteiger partial charge is 0.300 e. The fourth-order valence-corrected chi connectivity index (χ4v) is 2.19. The number of thiazole rings is 1. The predicted octanol–water partition coefficient (Wildman–Crippen LogP) is 2.73. The quantitative estimate of drug-likeness (QED) is 0.814. The van der Waals surface area contributed by atoms with Gasteiger partial charge in [-0.25, -0.2) is 4.98 Å². The summed E-state index contributed by atoms with van der Waals surface area (Å²) in [6.07, 6.45) is 4.84. The Labute approximate surface area is 98.2 Å². The Morgan fingerprint density at radius 3 is 3.06 bits per heavy atom. The van der Waals surface area contributed by atoms with Crippen molar-refractivity contribution in [3.05, 3.63) is 35.6 Å². The number of nitrogens with zero attached hydrogens (tertiary/aromatic N) is 2. The lowest BCUT2D eigenvalue weighted by Gasteiger charge is -1.94. The molecule has 2 aromatic heterocycles. The van der Waals surface area contributed by atoms with E-state index in [-0.39, 0.29) is 5.78 Å². The number of hydrogen-bond donors (Lipinski definition) is 0. The van der Waals surface area contributed by atoms with E-state index in [0.717, 1.165) is 22.7 Å². The molecule has 0 aromatic carbocycles. The first kappa shape index (κ1) is 11.0. The number of hydrogen-bond acceptors (Lipinski definition) is 4. The van der Waals surface area contributed by atoms with Crippen molar-refractivity contribution in [2.24, 2.45) is 0 Å². The highest BCUT2D eigenvalue weighted by Crippen LogP contribution is 2.23. The normalized spacial score (nSPS) is 10.3. The molecule has 82 valence electrons. The molecule has 2 heterocycles. The van der Waals surface area contributed by atoms with Crippen LogP contribution in [-0.2, 0) is 11.2 Å². The molecule has 0 bridgehead atoms. The zero-order chi connectivity index (χ0) is 11.4. The summed E-state index contributed by atoms with van der Waals surface area (Å²) >= 11 is 1.59. The smallest absolute Gasteiger partial charge is 0.130 e. The van der Waals surface area contributed by atoms with Gasteiger partial charge in [-0.05, 0) is 25.5 Å². The summed E-state index contributed by atoms with van der Waals surface area (Å²) in [5.74, 6) is 0.205. The van der Waals surface area contributed by atoms with Crippen molar-refractivity contribution in [3.8, 4) is 10.6 Å². The van der Waals surface area contributed by atoms with Gasteiger partial charge in [0.15, 0.2) is 0 Å². The second-order valence-corrected chi connectivity index (χ2v) is 4.45. The zero-order valence-corrected chi connectivity index (χ0v) is 9.83. The summed E-state index contributed by atoms with van der Waals surface area (Å²) in [5.41, 5.74) is 2.01. The fraction of sp³-hybridized carbons (Fsp3) is 0.250. The van der Waals surface area contributed by atoms with Crippen LogP contribution >= 0.6 is 11.3 Å². The lowest BCUT2D eigenvalue weighted by molar-refractivity contribution is -0.116. The van der Waals surface area contributed by atoms with Crippen molar-refractivity contribution >= 4 is 17.1 Å². The second kappa shape index (κ2) is 4.99. The molecule has 2 rings (SSSR count). The van der Waals surface area contributed by atoms with E-state index in [4.69, 9.17) is 0 Å². The minimum atomic E-state index is 0.205. The highest BCUT2D eigenvalue weighted by molar-refractivity contribution is 7.13. The van der Waals surface area contributed by atoms with E-state index in [0.29, 0.717) is 6.42 Å². The summed E-state index contributed by atoms with van der Waals surface area (Å²) in [6.45, 7) is 1.61.